The van der Waals surface area contributed by atoms with Crippen molar-refractivity contribution >= 4 is 41.3 Å². The van der Waals surface area contributed by atoms with Crippen LogP contribution in [0.1, 0.15) is 59.1 Å². The van der Waals surface area contributed by atoms with Crippen LogP contribution in [-0.4, -0.2) is 121 Å². The van der Waals surface area contributed by atoms with Gasteiger partial charge in [0.15, 0.2) is 6.10 Å². The van der Waals surface area contributed by atoms with Crippen molar-refractivity contribution in [3.63, 3.8) is 0 Å². The van der Waals surface area contributed by atoms with Crippen molar-refractivity contribution in [2.45, 2.75) is 110 Å². The molecule has 2 heterocycles. The van der Waals surface area contributed by atoms with Gasteiger partial charge in [-0.05, 0) is 75.8 Å². The first-order valence-corrected chi connectivity index (χ1v) is 16.5. The number of aryl methyl sites for hydroxylation is 1. The number of carbonyl (C=O) groups is 6. The number of amides is 4. The summed E-state index contributed by atoms with van der Waals surface area (Å²) in [4.78, 5) is 75.7. The molecule has 0 bridgehead atoms. The van der Waals surface area contributed by atoms with Crippen molar-refractivity contribution in [2.24, 2.45) is 11.3 Å². The average Bonchev–Trinajstić information content (AvgIpc) is 3.36. The third kappa shape index (κ3) is 10.8. The summed E-state index contributed by atoms with van der Waals surface area (Å²) in [5, 5.41) is 57.8. The van der Waals surface area contributed by atoms with E-state index in [0.717, 1.165) is 11.0 Å². The number of hydrogen-bond acceptors (Lipinski definition) is 12. The van der Waals surface area contributed by atoms with E-state index < -0.39 is 102 Å². The summed E-state index contributed by atoms with van der Waals surface area (Å²) < 4.78 is 10.9. The standard InChI is InChI=1S/C34H48N4O13/c1-16(2)25(37-22(39)14-38-23(40)11-12-24(38)41)31(46)35-17(3)30(45)36-20-9-7-19(15-50-33(49)34(4,5)6)18(13-20)8-10-21-26(42)27(43)28(44)29(51-21)32(47)48/h7,9,11-13,16-17,21,23,25-29,40,42-44H,8,10,14-15H2,1-6H3,(H,35,46)(H,36,45)(H,37,39)(H,47,48)/t17-,21-,23?,25-,26-,27+,28-,29-/m0/s1. The molecule has 2 aliphatic heterocycles. The van der Waals surface area contributed by atoms with Crippen LogP contribution < -0.4 is 16.0 Å². The van der Waals surface area contributed by atoms with Gasteiger partial charge in [0.2, 0.25) is 23.6 Å². The number of nitrogens with zero attached hydrogens (tertiary/aromatic N) is 1. The zero-order valence-electron chi connectivity index (χ0n) is 29.4. The third-order valence-electron chi connectivity index (χ3n) is 8.44. The molecule has 1 aromatic carbocycles. The minimum Gasteiger partial charge on any atom is -0.479 e. The van der Waals surface area contributed by atoms with Crippen molar-refractivity contribution in [1.29, 1.82) is 0 Å². The normalized spacial score (nSPS) is 24.5. The summed E-state index contributed by atoms with van der Waals surface area (Å²) in [5.74, 6) is -4.93. The molecular weight excluding hydrogens is 672 g/mol. The van der Waals surface area contributed by atoms with Gasteiger partial charge in [0.25, 0.3) is 0 Å². The van der Waals surface area contributed by atoms with Gasteiger partial charge in [0, 0.05) is 11.8 Å². The molecule has 17 nitrogen and oxygen atoms in total. The Balaban J connectivity index is 1.72. The molecule has 0 radical (unpaired) electrons. The van der Waals surface area contributed by atoms with E-state index in [9.17, 15) is 54.3 Å². The fourth-order valence-electron chi connectivity index (χ4n) is 5.33. The molecule has 3 rings (SSSR count). The maximum atomic E-state index is 13.2. The van der Waals surface area contributed by atoms with Gasteiger partial charge in [-0.15, -0.1) is 0 Å². The Kier molecular flexibility index (Phi) is 13.8. The summed E-state index contributed by atoms with van der Waals surface area (Å²) in [6, 6.07) is 2.55. The van der Waals surface area contributed by atoms with Crippen LogP contribution in [0, 0.1) is 11.3 Å². The van der Waals surface area contributed by atoms with Crippen LogP contribution in [0.15, 0.2) is 30.4 Å². The molecule has 0 aliphatic carbocycles. The number of carboxylic acid groups (broad SMARTS) is 1. The summed E-state index contributed by atoms with van der Waals surface area (Å²) >= 11 is 0. The highest BCUT2D eigenvalue weighted by Crippen LogP contribution is 2.27. The lowest BCUT2D eigenvalue weighted by Crippen LogP contribution is -2.59. The Morgan fingerprint density at radius 1 is 0.941 bits per heavy atom. The Hall–Kier alpha value is -4.42. The number of carboxylic acids is 1. The van der Waals surface area contributed by atoms with Crippen LogP contribution >= 0.6 is 0 Å². The molecule has 0 aromatic heterocycles. The maximum absolute atomic E-state index is 13.2. The van der Waals surface area contributed by atoms with Gasteiger partial charge in [0.05, 0.1) is 11.5 Å². The largest absolute Gasteiger partial charge is 0.479 e. The van der Waals surface area contributed by atoms with Crippen LogP contribution in [0.25, 0.3) is 0 Å². The molecule has 51 heavy (non-hydrogen) atoms. The van der Waals surface area contributed by atoms with Gasteiger partial charge in [-0.1, -0.05) is 19.9 Å². The highest BCUT2D eigenvalue weighted by atomic mass is 16.6. The molecule has 8 atom stereocenters. The minimum absolute atomic E-state index is 0.0253. The number of nitrogens with one attached hydrogen (secondary N) is 3. The van der Waals surface area contributed by atoms with Crippen LogP contribution in [0.2, 0.25) is 0 Å². The van der Waals surface area contributed by atoms with Crippen molar-refractivity contribution < 1.29 is 63.8 Å². The van der Waals surface area contributed by atoms with E-state index in [4.69, 9.17) is 9.47 Å². The summed E-state index contributed by atoms with van der Waals surface area (Å²) in [6.45, 7) is 9.21. The molecule has 8 N–H and O–H groups in total. The second-order valence-electron chi connectivity index (χ2n) is 14.0. The number of anilines is 1. The van der Waals surface area contributed by atoms with Gasteiger partial charge in [-0.2, -0.15) is 0 Å². The zero-order valence-corrected chi connectivity index (χ0v) is 29.4. The predicted octanol–water partition coefficient (Wildman–Crippen LogP) is -1.06. The second-order valence-corrected chi connectivity index (χ2v) is 14.0. The molecule has 17 heteroatoms. The van der Waals surface area contributed by atoms with E-state index in [1.165, 1.54) is 13.0 Å². The zero-order chi connectivity index (χ0) is 38.4. The smallest absolute Gasteiger partial charge is 0.335 e. The highest BCUT2D eigenvalue weighted by Gasteiger charge is 2.46. The van der Waals surface area contributed by atoms with E-state index in [1.54, 1.807) is 52.8 Å². The Bertz CT molecular complexity index is 1510. The SMILES string of the molecule is CC(C)[C@H](NC(=O)CN1C(=O)C=CC1O)C(=O)N[C@@H](C)C(=O)Nc1ccc(COC(=O)C(C)(C)C)c(CC[C@@H]2O[C@H](C(=O)O)[C@@H](O)[C@H](O)[C@H]2O)c1. The number of ether oxygens (including phenoxy) is 2. The second kappa shape index (κ2) is 17.2. The Morgan fingerprint density at radius 2 is 1.61 bits per heavy atom. The van der Waals surface area contributed by atoms with E-state index in [2.05, 4.69) is 16.0 Å². The molecule has 282 valence electrons. The van der Waals surface area contributed by atoms with E-state index in [0.29, 0.717) is 11.1 Å². The van der Waals surface area contributed by atoms with Gasteiger partial charge in [0.1, 0.15) is 49.8 Å². The molecular formula is C34H48N4O13. The molecule has 1 saturated heterocycles. The number of aliphatic hydroxyl groups is 4. The minimum atomic E-state index is -1.85. The molecule has 1 fully saturated rings. The fraction of sp³-hybridized carbons (Fsp3) is 0.588. The topological polar surface area (TPSA) is 261 Å². The first kappa shape index (κ1) is 41.0. The maximum Gasteiger partial charge on any atom is 0.335 e. The summed E-state index contributed by atoms with van der Waals surface area (Å²) in [5.41, 5.74) is 0.542. The van der Waals surface area contributed by atoms with Gasteiger partial charge < -0.3 is 55.9 Å². The van der Waals surface area contributed by atoms with Crippen LogP contribution in [0.4, 0.5) is 5.69 Å². The lowest BCUT2D eigenvalue weighted by atomic mass is 9.91. The lowest BCUT2D eigenvalue weighted by Gasteiger charge is -2.39. The molecule has 0 spiro atoms. The van der Waals surface area contributed by atoms with E-state index >= 15 is 0 Å². The Labute approximate surface area is 295 Å². The first-order chi connectivity index (χ1) is 23.7. The number of rotatable bonds is 14. The molecule has 1 aromatic rings. The number of esters is 1. The average molecular weight is 721 g/mol. The quantitative estimate of drug-likeness (QED) is 0.107. The number of carbonyl (C=O) groups excluding carboxylic acids is 5. The predicted molar refractivity (Wildman–Crippen MR) is 178 cm³/mol. The van der Waals surface area contributed by atoms with Crippen LogP contribution in [0.3, 0.4) is 0 Å². The molecule has 4 amide bonds. The van der Waals surface area contributed by atoms with Crippen molar-refractivity contribution in [2.75, 3.05) is 11.9 Å². The van der Waals surface area contributed by atoms with Crippen molar-refractivity contribution in [3.05, 3.63) is 41.5 Å². The molecule has 2 aliphatic rings. The number of aliphatic hydroxyl groups excluding tert-OH is 4. The number of aliphatic carboxylic acids is 1. The summed E-state index contributed by atoms with van der Waals surface area (Å²) in [6.07, 6.45) is -7.01. The van der Waals surface area contributed by atoms with Crippen LogP contribution in [0.5, 0.6) is 0 Å². The molecule has 1 unspecified atom stereocenters. The van der Waals surface area contributed by atoms with E-state index in [-0.39, 0.29) is 25.1 Å². The van der Waals surface area contributed by atoms with Gasteiger partial charge in [-0.25, -0.2) is 4.79 Å². The van der Waals surface area contributed by atoms with Crippen molar-refractivity contribution in [3.8, 4) is 0 Å². The van der Waals surface area contributed by atoms with Gasteiger partial charge >= 0.3 is 11.9 Å². The van der Waals surface area contributed by atoms with Gasteiger partial charge in [-0.3, -0.25) is 24.0 Å². The van der Waals surface area contributed by atoms with Crippen LogP contribution in [-0.2, 0) is 51.3 Å². The monoisotopic (exact) mass is 720 g/mol. The summed E-state index contributed by atoms with van der Waals surface area (Å²) in [7, 11) is 0. The van der Waals surface area contributed by atoms with E-state index in [1.807, 2.05) is 0 Å². The lowest BCUT2D eigenvalue weighted by molar-refractivity contribution is -0.228. The highest BCUT2D eigenvalue weighted by molar-refractivity contribution is 5.99. The fourth-order valence-corrected chi connectivity index (χ4v) is 5.33. The Morgan fingerprint density at radius 3 is 2.18 bits per heavy atom. The molecule has 0 saturated carbocycles. The first-order valence-electron chi connectivity index (χ1n) is 16.5. The number of benzene rings is 1. The third-order valence-corrected chi connectivity index (χ3v) is 8.44. The number of hydrogen-bond donors (Lipinski definition) is 8. The van der Waals surface area contributed by atoms with Crippen molar-refractivity contribution in [1.82, 2.24) is 15.5 Å².